The number of ether oxygens (including phenoxy) is 2. The third-order valence-corrected chi connectivity index (χ3v) is 9.73. The van der Waals surface area contributed by atoms with Gasteiger partial charge in [-0.1, -0.05) is 6.92 Å². The van der Waals surface area contributed by atoms with Gasteiger partial charge in [0, 0.05) is 26.1 Å². The quantitative estimate of drug-likeness (QED) is 0.498. The summed E-state index contributed by atoms with van der Waals surface area (Å²) in [6.45, 7) is 3.96. The van der Waals surface area contributed by atoms with Gasteiger partial charge in [-0.25, -0.2) is 21.8 Å². The average Bonchev–Trinajstić information content (AvgIpc) is 3.31. The maximum Gasteiger partial charge on any atom is 0.306 e. The predicted molar refractivity (Wildman–Crippen MR) is 121 cm³/mol. The number of sulfonamides is 1. The second kappa shape index (κ2) is 9.69. The number of esters is 1. The Morgan fingerprint density at radius 1 is 1.27 bits per heavy atom. The van der Waals surface area contributed by atoms with Gasteiger partial charge in [-0.15, -0.1) is 0 Å². The van der Waals surface area contributed by atoms with Crippen LogP contribution in [0.4, 0.5) is 0 Å². The number of carbonyl (C=O) groups is 1. The zero-order chi connectivity index (χ0) is 23.6. The molecule has 182 valence electrons. The number of sulfone groups is 1. The molecule has 12 heteroatoms. The van der Waals surface area contributed by atoms with Crippen molar-refractivity contribution in [2.45, 2.75) is 44.2 Å². The number of hydrogen-bond donors (Lipinski definition) is 0. The first-order valence-corrected chi connectivity index (χ1v) is 14.4. The molecule has 4 rings (SSSR count). The number of aromatic nitrogens is 2. The summed E-state index contributed by atoms with van der Waals surface area (Å²) in [7, 11) is -6.70. The zero-order valence-electron chi connectivity index (χ0n) is 18.6. The van der Waals surface area contributed by atoms with Gasteiger partial charge in [0.2, 0.25) is 10.0 Å². The first-order chi connectivity index (χ1) is 15.7. The van der Waals surface area contributed by atoms with Crippen LogP contribution in [0.3, 0.4) is 0 Å². The number of fused-ring (bicyclic) bond motifs is 1. The summed E-state index contributed by atoms with van der Waals surface area (Å²) in [5.41, 5.74) is 1.29. The highest BCUT2D eigenvalue weighted by Crippen LogP contribution is 2.25. The number of aryl methyl sites for hydroxylation is 1. The molecule has 0 bridgehead atoms. The normalized spacial score (nSPS) is 21.4. The maximum atomic E-state index is 13.0. The molecule has 1 unspecified atom stereocenters. The van der Waals surface area contributed by atoms with Gasteiger partial charge in [0.15, 0.2) is 9.84 Å². The number of hydrogen-bond acceptors (Lipinski definition) is 8. The Balaban J connectivity index is 1.51. The van der Waals surface area contributed by atoms with Crippen molar-refractivity contribution >= 4 is 36.9 Å². The van der Waals surface area contributed by atoms with Crippen LogP contribution in [0.25, 0.3) is 11.0 Å². The van der Waals surface area contributed by atoms with E-state index in [2.05, 4.69) is 4.98 Å². The summed E-state index contributed by atoms with van der Waals surface area (Å²) in [5, 5.41) is 0. The average molecular weight is 500 g/mol. The van der Waals surface area contributed by atoms with E-state index in [9.17, 15) is 21.6 Å². The number of imidazole rings is 1. The van der Waals surface area contributed by atoms with E-state index in [1.807, 2.05) is 11.5 Å². The van der Waals surface area contributed by atoms with Crippen molar-refractivity contribution in [2.75, 3.05) is 37.8 Å². The van der Waals surface area contributed by atoms with Crippen molar-refractivity contribution < 1.29 is 31.1 Å². The molecular weight excluding hydrogens is 470 g/mol. The molecule has 33 heavy (non-hydrogen) atoms. The lowest BCUT2D eigenvalue weighted by molar-refractivity contribution is -0.146. The molecule has 1 aromatic carbocycles. The van der Waals surface area contributed by atoms with Crippen molar-refractivity contribution in [3.8, 4) is 0 Å². The highest BCUT2D eigenvalue weighted by atomic mass is 32.2. The number of benzene rings is 1. The van der Waals surface area contributed by atoms with Crippen LogP contribution in [0.1, 0.15) is 32.0 Å². The SMILES string of the molecule is CCCn1c(COC(=O)CC2CCS(=O)(=O)C2)nc2cc(S(=O)(=O)N3CCOCC3)ccc21. The second-order valence-corrected chi connectivity index (χ2v) is 12.6. The zero-order valence-corrected chi connectivity index (χ0v) is 20.2. The Bertz CT molecular complexity index is 1230. The van der Waals surface area contributed by atoms with Crippen LogP contribution in [0.2, 0.25) is 0 Å². The van der Waals surface area contributed by atoms with Crippen LogP contribution in [-0.4, -0.2) is 74.5 Å². The van der Waals surface area contributed by atoms with Crippen LogP contribution in [0.5, 0.6) is 0 Å². The van der Waals surface area contributed by atoms with E-state index >= 15 is 0 Å². The molecule has 1 atom stereocenters. The van der Waals surface area contributed by atoms with Crippen molar-refractivity contribution in [1.82, 2.24) is 13.9 Å². The Labute approximate surface area is 193 Å². The van der Waals surface area contributed by atoms with Crippen molar-refractivity contribution in [3.05, 3.63) is 24.0 Å². The fourth-order valence-electron chi connectivity index (χ4n) is 4.31. The Hall–Kier alpha value is -2.02. The third-order valence-electron chi connectivity index (χ3n) is 6.00. The molecule has 10 nitrogen and oxygen atoms in total. The summed E-state index contributed by atoms with van der Waals surface area (Å²) in [6, 6.07) is 4.87. The molecule has 0 spiro atoms. The lowest BCUT2D eigenvalue weighted by Crippen LogP contribution is -2.40. The topological polar surface area (TPSA) is 125 Å². The number of carbonyl (C=O) groups excluding carboxylic acids is 1. The summed E-state index contributed by atoms with van der Waals surface area (Å²) in [5.74, 6) is 0.0110. The Kier molecular flexibility index (Phi) is 7.08. The first-order valence-electron chi connectivity index (χ1n) is 11.1. The van der Waals surface area contributed by atoms with Gasteiger partial charge >= 0.3 is 5.97 Å². The van der Waals surface area contributed by atoms with Gasteiger partial charge < -0.3 is 14.0 Å². The lowest BCUT2D eigenvalue weighted by atomic mass is 10.1. The molecule has 1 aromatic heterocycles. The fourth-order valence-corrected chi connectivity index (χ4v) is 7.60. The Morgan fingerprint density at radius 2 is 2.03 bits per heavy atom. The molecule has 0 aliphatic carbocycles. The van der Waals surface area contributed by atoms with Gasteiger partial charge in [0.05, 0.1) is 40.6 Å². The Morgan fingerprint density at radius 3 is 2.70 bits per heavy atom. The molecule has 0 amide bonds. The molecule has 2 aromatic rings. The van der Waals surface area contributed by atoms with Gasteiger partial charge in [0.1, 0.15) is 12.4 Å². The smallest absolute Gasteiger partial charge is 0.306 e. The molecule has 0 radical (unpaired) electrons. The maximum absolute atomic E-state index is 13.0. The van der Waals surface area contributed by atoms with Crippen molar-refractivity contribution in [3.63, 3.8) is 0 Å². The first kappa shape index (κ1) is 24.1. The van der Waals surface area contributed by atoms with E-state index in [4.69, 9.17) is 9.47 Å². The van der Waals surface area contributed by atoms with E-state index in [1.54, 1.807) is 18.2 Å². The largest absolute Gasteiger partial charge is 0.457 e. The summed E-state index contributed by atoms with van der Waals surface area (Å²) in [4.78, 5) is 17.0. The number of rotatable bonds is 8. The van der Waals surface area contributed by atoms with E-state index in [1.165, 1.54) is 4.31 Å². The fraction of sp³-hybridized carbons (Fsp3) is 0.619. The molecule has 3 heterocycles. The van der Waals surface area contributed by atoms with Crippen LogP contribution >= 0.6 is 0 Å². The highest BCUT2D eigenvalue weighted by molar-refractivity contribution is 7.91. The summed E-state index contributed by atoms with van der Waals surface area (Å²) < 4.78 is 63.2. The predicted octanol–water partition coefficient (Wildman–Crippen LogP) is 1.34. The van der Waals surface area contributed by atoms with Crippen molar-refractivity contribution in [1.29, 1.82) is 0 Å². The molecule has 2 saturated heterocycles. The monoisotopic (exact) mass is 499 g/mol. The second-order valence-electron chi connectivity index (χ2n) is 8.48. The molecule has 0 saturated carbocycles. The molecule has 0 N–H and O–H groups in total. The number of nitrogens with zero attached hydrogens (tertiary/aromatic N) is 3. The van der Waals surface area contributed by atoms with Gasteiger partial charge in [0.25, 0.3) is 0 Å². The van der Waals surface area contributed by atoms with E-state index in [-0.39, 0.29) is 35.3 Å². The van der Waals surface area contributed by atoms with Gasteiger partial charge in [-0.2, -0.15) is 4.31 Å². The third kappa shape index (κ3) is 5.39. The molecule has 2 aliphatic heterocycles. The standard InChI is InChI=1S/C21H29N3O7S2/c1-2-6-24-19-4-3-17(33(28,29)23-7-9-30-10-8-23)13-18(19)22-20(24)14-31-21(25)12-16-5-11-32(26,27)15-16/h3-4,13,16H,2,5-12,14-15H2,1H3. The summed E-state index contributed by atoms with van der Waals surface area (Å²) >= 11 is 0. The summed E-state index contributed by atoms with van der Waals surface area (Å²) in [6.07, 6.45) is 1.36. The highest BCUT2D eigenvalue weighted by Gasteiger charge is 2.30. The van der Waals surface area contributed by atoms with Crippen LogP contribution in [0, 0.1) is 5.92 Å². The van der Waals surface area contributed by atoms with Gasteiger partial charge in [-0.3, -0.25) is 4.79 Å². The van der Waals surface area contributed by atoms with E-state index in [0.29, 0.717) is 50.6 Å². The minimum Gasteiger partial charge on any atom is -0.457 e. The van der Waals surface area contributed by atoms with Crippen LogP contribution in [-0.2, 0) is 47.3 Å². The molecular formula is C21H29N3O7S2. The molecule has 2 aliphatic rings. The molecule has 2 fully saturated rings. The van der Waals surface area contributed by atoms with E-state index < -0.39 is 25.8 Å². The van der Waals surface area contributed by atoms with E-state index in [0.717, 1.165) is 11.9 Å². The van der Waals surface area contributed by atoms with Crippen LogP contribution < -0.4 is 0 Å². The van der Waals surface area contributed by atoms with Gasteiger partial charge in [-0.05, 0) is 37.0 Å². The minimum absolute atomic E-state index is 0.0246. The van der Waals surface area contributed by atoms with Crippen molar-refractivity contribution in [2.24, 2.45) is 5.92 Å². The van der Waals surface area contributed by atoms with Crippen LogP contribution in [0.15, 0.2) is 23.1 Å². The number of morpholine rings is 1. The minimum atomic E-state index is -3.65. The lowest BCUT2D eigenvalue weighted by Gasteiger charge is -2.26.